The summed E-state index contributed by atoms with van der Waals surface area (Å²) in [5, 5.41) is 0. The van der Waals surface area contributed by atoms with Crippen molar-refractivity contribution < 1.29 is 9.53 Å². The molecule has 0 aliphatic carbocycles. The van der Waals surface area contributed by atoms with Crippen LogP contribution < -0.4 is 4.42 Å². The largest absolute Gasteiger partial charge is 0.443 e. The summed E-state index contributed by atoms with van der Waals surface area (Å²) in [7, 11) is 0. The summed E-state index contributed by atoms with van der Waals surface area (Å²) in [6.45, 7) is 5.38. The van der Waals surface area contributed by atoms with Crippen molar-refractivity contribution in [3.8, 4) is 0 Å². The van der Waals surface area contributed by atoms with Crippen LogP contribution in [-0.2, 0) is 4.74 Å². The molecule has 0 bridgehead atoms. The molecule has 0 aliphatic heterocycles. The zero-order valence-corrected chi connectivity index (χ0v) is 9.78. The highest BCUT2D eigenvalue weighted by Crippen LogP contribution is 2.19. The van der Waals surface area contributed by atoms with Crippen LogP contribution in [0.1, 0.15) is 20.8 Å². The van der Waals surface area contributed by atoms with E-state index in [4.69, 9.17) is 16.5 Å². The fourth-order valence-corrected chi connectivity index (χ4v) is 1.11. The molecule has 0 aliphatic rings. The Hall–Kier alpha value is -1.22. The molecule has 0 aromatic heterocycles. The summed E-state index contributed by atoms with van der Waals surface area (Å²) in [5.74, 6) is 0. The van der Waals surface area contributed by atoms with E-state index >= 15 is 0 Å². The molecule has 0 unspecified atom stereocenters. The van der Waals surface area contributed by atoms with Crippen LogP contribution in [0.15, 0.2) is 30.3 Å². The van der Waals surface area contributed by atoms with E-state index in [1.54, 1.807) is 45.0 Å². The number of rotatable bonds is 1. The van der Waals surface area contributed by atoms with E-state index < -0.39 is 11.7 Å². The van der Waals surface area contributed by atoms with Crippen LogP contribution in [0.2, 0.25) is 0 Å². The highest BCUT2D eigenvalue weighted by Gasteiger charge is 2.21. The van der Waals surface area contributed by atoms with Gasteiger partial charge < -0.3 is 4.74 Å². The molecule has 1 amide bonds. The van der Waals surface area contributed by atoms with Gasteiger partial charge in [0.05, 0.1) is 5.69 Å². The lowest BCUT2D eigenvalue weighted by atomic mass is 10.2. The number of hydrogen-bond acceptors (Lipinski definition) is 2. The smallest absolute Gasteiger partial charge is 0.429 e. The minimum absolute atomic E-state index is 0.543. The minimum Gasteiger partial charge on any atom is -0.443 e. The SMILES string of the molecule is CC(C)(C)OC(=O)N(Cl)c1ccccc1. The molecule has 4 heteroatoms. The van der Waals surface area contributed by atoms with Crippen LogP contribution in [0, 0.1) is 0 Å². The number of carbonyl (C=O) groups excluding carboxylic acids is 1. The molecule has 1 aromatic rings. The monoisotopic (exact) mass is 227 g/mol. The quantitative estimate of drug-likeness (QED) is 0.687. The van der Waals surface area contributed by atoms with Crippen LogP contribution in [0.5, 0.6) is 0 Å². The number of amides is 1. The second kappa shape index (κ2) is 4.53. The molecule has 0 spiro atoms. The first kappa shape index (κ1) is 11.9. The van der Waals surface area contributed by atoms with Gasteiger partial charge in [-0.2, -0.15) is 4.42 Å². The zero-order chi connectivity index (χ0) is 11.5. The average Bonchev–Trinajstić information content (AvgIpc) is 2.15. The molecule has 0 fully saturated rings. The summed E-state index contributed by atoms with van der Waals surface area (Å²) in [6, 6.07) is 8.92. The van der Waals surface area contributed by atoms with Gasteiger partial charge in [0.25, 0.3) is 0 Å². The molecule has 0 saturated heterocycles. The van der Waals surface area contributed by atoms with Crippen LogP contribution in [0.25, 0.3) is 0 Å². The van der Waals surface area contributed by atoms with Crippen molar-refractivity contribution in [1.82, 2.24) is 0 Å². The fourth-order valence-electron chi connectivity index (χ4n) is 0.966. The summed E-state index contributed by atoms with van der Waals surface area (Å²) < 4.78 is 6.07. The molecule has 0 saturated carbocycles. The summed E-state index contributed by atoms with van der Waals surface area (Å²) in [5.41, 5.74) is 0.0485. The van der Waals surface area contributed by atoms with Crippen molar-refractivity contribution in [3.63, 3.8) is 0 Å². The lowest BCUT2D eigenvalue weighted by molar-refractivity contribution is 0.0609. The first-order chi connectivity index (χ1) is 6.90. The van der Waals surface area contributed by atoms with E-state index in [1.165, 1.54) is 0 Å². The molecular formula is C11H14ClNO2. The van der Waals surface area contributed by atoms with Crippen molar-refractivity contribution >= 4 is 23.6 Å². The third-order valence-electron chi connectivity index (χ3n) is 1.54. The van der Waals surface area contributed by atoms with E-state index in [0.717, 1.165) is 4.42 Å². The van der Waals surface area contributed by atoms with Crippen LogP contribution in [0.4, 0.5) is 10.5 Å². The number of benzene rings is 1. The Labute approximate surface area is 94.7 Å². The van der Waals surface area contributed by atoms with Gasteiger partial charge in [-0.15, -0.1) is 0 Å². The van der Waals surface area contributed by atoms with Crippen LogP contribution >= 0.6 is 11.8 Å². The van der Waals surface area contributed by atoms with Gasteiger partial charge in [-0.1, -0.05) is 18.2 Å². The third-order valence-corrected chi connectivity index (χ3v) is 1.87. The normalized spacial score (nSPS) is 10.9. The standard InChI is InChI=1S/C11H14ClNO2/c1-11(2,3)15-10(14)13(12)9-7-5-4-6-8-9/h4-8H,1-3H3. The Bertz CT molecular complexity index is 332. The first-order valence-electron chi connectivity index (χ1n) is 4.64. The minimum atomic E-state index is -0.574. The van der Waals surface area contributed by atoms with Crippen molar-refractivity contribution in [2.45, 2.75) is 26.4 Å². The molecule has 3 nitrogen and oxygen atoms in total. The topological polar surface area (TPSA) is 29.5 Å². The fraction of sp³-hybridized carbons (Fsp3) is 0.364. The number of carbonyl (C=O) groups is 1. The predicted octanol–water partition coefficient (Wildman–Crippen LogP) is 3.58. The maximum absolute atomic E-state index is 11.5. The molecule has 82 valence electrons. The van der Waals surface area contributed by atoms with Crippen molar-refractivity contribution in [1.29, 1.82) is 0 Å². The van der Waals surface area contributed by atoms with Gasteiger partial charge >= 0.3 is 6.09 Å². The predicted molar refractivity (Wildman–Crippen MR) is 61.0 cm³/mol. The molecule has 1 aromatic carbocycles. The van der Waals surface area contributed by atoms with E-state index in [9.17, 15) is 4.79 Å². The molecule has 1 rings (SSSR count). The van der Waals surface area contributed by atoms with E-state index in [0.29, 0.717) is 5.69 Å². The Morgan fingerprint density at radius 3 is 2.27 bits per heavy atom. The zero-order valence-electron chi connectivity index (χ0n) is 9.03. The number of anilines is 1. The van der Waals surface area contributed by atoms with Crippen molar-refractivity contribution in [2.24, 2.45) is 0 Å². The van der Waals surface area contributed by atoms with E-state index in [-0.39, 0.29) is 0 Å². The number of nitrogens with zero attached hydrogens (tertiary/aromatic N) is 1. The lowest BCUT2D eigenvalue weighted by Gasteiger charge is -2.22. The van der Waals surface area contributed by atoms with Crippen molar-refractivity contribution in [3.05, 3.63) is 30.3 Å². The average molecular weight is 228 g/mol. The second-order valence-corrected chi connectivity index (χ2v) is 4.43. The number of para-hydroxylation sites is 1. The van der Waals surface area contributed by atoms with Gasteiger partial charge in [-0.05, 0) is 32.9 Å². The van der Waals surface area contributed by atoms with Crippen LogP contribution in [-0.4, -0.2) is 11.7 Å². The lowest BCUT2D eigenvalue weighted by Crippen LogP contribution is -2.31. The van der Waals surface area contributed by atoms with Crippen LogP contribution in [0.3, 0.4) is 0 Å². The van der Waals surface area contributed by atoms with Crippen molar-refractivity contribution in [2.75, 3.05) is 4.42 Å². The highest BCUT2D eigenvalue weighted by molar-refractivity contribution is 6.35. The Morgan fingerprint density at radius 1 is 1.27 bits per heavy atom. The van der Waals surface area contributed by atoms with Gasteiger partial charge in [-0.25, -0.2) is 4.79 Å². The summed E-state index contributed by atoms with van der Waals surface area (Å²) >= 11 is 5.82. The van der Waals surface area contributed by atoms with Gasteiger partial charge in [-0.3, -0.25) is 0 Å². The molecule has 0 N–H and O–H groups in total. The van der Waals surface area contributed by atoms with E-state index in [2.05, 4.69) is 0 Å². The maximum atomic E-state index is 11.5. The Morgan fingerprint density at radius 2 is 1.80 bits per heavy atom. The first-order valence-corrected chi connectivity index (χ1v) is 4.98. The molecule has 0 radical (unpaired) electrons. The van der Waals surface area contributed by atoms with Gasteiger partial charge in [0.15, 0.2) is 0 Å². The Kier molecular flexibility index (Phi) is 3.58. The van der Waals surface area contributed by atoms with E-state index in [1.807, 2.05) is 6.07 Å². The number of hydrogen-bond donors (Lipinski definition) is 0. The highest BCUT2D eigenvalue weighted by atomic mass is 35.5. The molecule has 0 heterocycles. The number of ether oxygens (including phenoxy) is 1. The van der Waals surface area contributed by atoms with Gasteiger partial charge in [0.2, 0.25) is 0 Å². The molecule has 15 heavy (non-hydrogen) atoms. The number of halogens is 1. The summed E-state index contributed by atoms with van der Waals surface area (Å²) in [6.07, 6.45) is -0.574. The second-order valence-electron chi connectivity index (χ2n) is 4.10. The van der Waals surface area contributed by atoms with Gasteiger partial charge in [0.1, 0.15) is 5.60 Å². The summed E-state index contributed by atoms with van der Waals surface area (Å²) in [4.78, 5) is 11.5. The molecular weight excluding hydrogens is 214 g/mol. The van der Waals surface area contributed by atoms with Gasteiger partial charge in [0, 0.05) is 11.8 Å². The maximum Gasteiger partial charge on any atom is 0.429 e. The third kappa shape index (κ3) is 3.80. The Balaban J connectivity index is 2.70. The molecule has 0 atom stereocenters.